The van der Waals surface area contributed by atoms with Gasteiger partial charge in [0, 0.05) is 24.7 Å². The van der Waals surface area contributed by atoms with Gasteiger partial charge in [-0.05, 0) is 51.7 Å². The molecular formula is C20H26N2O4. The standard InChI is InChI=1S/C20H26N2O4/c1-13-8-14(2)10-16(9-13)19(25)21-7-3-4-15(11-21)20(26)22(12-18(23)24)17-5-6-17/h8-10,15,17H,3-7,11-12H2,1-2H3,(H,23,24). The van der Waals surface area contributed by atoms with Crippen LogP contribution in [-0.2, 0) is 9.59 Å². The zero-order chi connectivity index (χ0) is 18.8. The lowest BCUT2D eigenvalue weighted by Gasteiger charge is -2.35. The Hall–Kier alpha value is -2.37. The fourth-order valence-electron chi connectivity index (χ4n) is 3.80. The van der Waals surface area contributed by atoms with Crippen LogP contribution in [0.25, 0.3) is 0 Å². The highest BCUT2D eigenvalue weighted by Gasteiger charge is 2.38. The second-order valence-corrected chi connectivity index (χ2v) is 7.56. The van der Waals surface area contributed by atoms with Crippen LogP contribution in [0.2, 0.25) is 0 Å². The van der Waals surface area contributed by atoms with Gasteiger partial charge in [-0.2, -0.15) is 0 Å². The predicted octanol–water partition coefficient (Wildman–Crippen LogP) is 2.23. The van der Waals surface area contributed by atoms with E-state index in [4.69, 9.17) is 5.11 Å². The molecule has 2 amide bonds. The molecule has 6 nitrogen and oxygen atoms in total. The van der Waals surface area contributed by atoms with Crippen LogP contribution in [0.3, 0.4) is 0 Å². The van der Waals surface area contributed by atoms with E-state index < -0.39 is 5.97 Å². The Balaban J connectivity index is 1.71. The second-order valence-electron chi connectivity index (χ2n) is 7.56. The van der Waals surface area contributed by atoms with Crippen molar-refractivity contribution in [3.05, 3.63) is 34.9 Å². The van der Waals surface area contributed by atoms with E-state index >= 15 is 0 Å². The summed E-state index contributed by atoms with van der Waals surface area (Å²) in [5.74, 6) is -1.46. The molecule has 0 aromatic heterocycles. The van der Waals surface area contributed by atoms with Gasteiger partial charge < -0.3 is 14.9 Å². The van der Waals surface area contributed by atoms with E-state index in [0.717, 1.165) is 30.4 Å². The maximum absolute atomic E-state index is 12.9. The number of likely N-dealkylation sites (tertiary alicyclic amines) is 1. The van der Waals surface area contributed by atoms with Gasteiger partial charge in [0.2, 0.25) is 5.91 Å². The van der Waals surface area contributed by atoms with Crippen molar-refractivity contribution in [2.75, 3.05) is 19.6 Å². The lowest BCUT2D eigenvalue weighted by atomic mass is 9.95. The first-order valence-electron chi connectivity index (χ1n) is 9.25. The molecule has 0 bridgehead atoms. The van der Waals surface area contributed by atoms with Gasteiger partial charge in [-0.15, -0.1) is 0 Å². The average Bonchev–Trinajstić information content (AvgIpc) is 3.42. The highest BCUT2D eigenvalue weighted by molar-refractivity contribution is 5.95. The largest absolute Gasteiger partial charge is 0.480 e. The van der Waals surface area contributed by atoms with Crippen LogP contribution in [-0.4, -0.2) is 58.4 Å². The van der Waals surface area contributed by atoms with E-state index in [1.54, 1.807) is 4.90 Å². The SMILES string of the molecule is Cc1cc(C)cc(C(=O)N2CCCC(C(=O)N(CC(=O)O)C3CC3)C2)c1. The van der Waals surface area contributed by atoms with Gasteiger partial charge in [0.05, 0.1) is 5.92 Å². The van der Waals surface area contributed by atoms with Crippen molar-refractivity contribution in [3.63, 3.8) is 0 Å². The van der Waals surface area contributed by atoms with Gasteiger partial charge in [0.25, 0.3) is 5.91 Å². The van der Waals surface area contributed by atoms with E-state index in [1.807, 2.05) is 32.0 Å². The van der Waals surface area contributed by atoms with Gasteiger partial charge in [-0.3, -0.25) is 14.4 Å². The summed E-state index contributed by atoms with van der Waals surface area (Å²) in [4.78, 5) is 40.1. The molecule has 1 atom stereocenters. The van der Waals surface area contributed by atoms with Crippen LogP contribution in [0, 0.1) is 19.8 Å². The lowest BCUT2D eigenvalue weighted by Crippen LogP contribution is -2.48. The molecule has 1 unspecified atom stereocenters. The van der Waals surface area contributed by atoms with Crippen molar-refractivity contribution in [2.45, 2.75) is 45.6 Å². The van der Waals surface area contributed by atoms with E-state index in [0.29, 0.717) is 25.1 Å². The molecule has 26 heavy (non-hydrogen) atoms. The molecule has 140 valence electrons. The predicted molar refractivity (Wildman–Crippen MR) is 96.9 cm³/mol. The second kappa shape index (κ2) is 7.48. The third-order valence-electron chi connectivity index (χ3n) is 5.10. The Morgan fingerprint density at radius 2 is 1.77 bits per heavy atom. The zero-order valence-electron chi connectivity index (χ0n) is 15.4. The fraction of sp³-hybridized carbons (Fsp3) is 0.550. The summed E-state index contributed by atoms with van der Waals surface area (Å²) < 4.78 is 0. The zero-order valence-corrected chi connectivity index (χ0v) is 15.4. The Morgan fingerprint density at radius 3 is 2.35 bits per heavy atom. The smallest absolute Gasteiger partial charge is 0.323 e. The van der Waals surface area contributed by atoms with Crippen molar-refractivity contribution < 1.29 is 19.5 Å². The molecule has 1 heterocycles. The summed E-state index contributed by atoms with van der Waals surface area (Å²) in [5, 5.41) is 9.09. The lowest BCUT2D eigenvalue weighted by molar-refractivity contribution is -0.147. The number of hydrogen-bond acceptors (Lipinski definition) is 3. The fourth-order valence-corrected chi connectivity index (χ4v) is 3.80. The average molecular weight is 358 g/mol. The number of carboxylic acids is 1. The number of nitrogens with zero attached hydrogens (tertiary/aromatic N) is 2. The number of carbonyl (C=O) groups excluding carboxylic acids is 2. The molecule has 0 spiro atoms. The number of carboxylic acid groups (broad SMARTS) is 1. The quantitative estimate of drug-likeness (QED) is 0.875. The summed E-state index contributed by atoms with van der Waals surface area (Å²) in [7, 11) is 0. The van der Waals surface area contributed by atoms with E-state index in [-0.39, 0.29) is 30.3 Å². The van der Waals surface area contributed by atoms with Gasteiger partial charge in [-0.25, -0.2) is 0 Å². The summed E-state index contributed by atoms with van der Waals surface area (Å²) in [5.41, 5.74) is 2.74. The number of benzene rings is 1. The molecule has 1 aliphatic carbocycles. The third kappa shape index (κ3) is 4.23. The molecule has 1 aromatic rings. The molecule has 2 fully saturated rings. The summed E-state index contributed by atoms with van der Waals surface area (Å²) in [6, 6.07) is 5.84. The van der Waals surface area contributed by atoms with Crippen LogP contribution >= 0.6 is 0 Å². The number of carbonyl (C=O) groups is 3. The van der Waals surface area contributed by atoms with Gasteiger partial charge in [-0.1, -0.05) is 17.2 Å². The number of hydrogen-bond donors (Lipinski definition) is 1. The molecule has 1 saturated carbocycles. The first-order chi connectivity index (χ1) is 12.3. The summed E-state index contributed by atoms with van der Waals surface area (Å²) in [6.45, 7) is 4.69. The number of aliphatic carboxylic acids is 1. The topological polar surface area (TPSA) is 77.9 Å². The molecule has 3 rings (SSSR count). The van der Waals surface area contributed by atoms with Crippen LogP contribution < -0.4 is 0 Å². The molecule has 1 saturated heterocycles. The molecule has 1 N–H and O–H groups in total. The van der Waals surface area contributed by atoms with E-state index in [2.05, 4.69) is 0 Å². The van der Waals surface area contributed by atoms with Gasteiger partial charge in [0.1, 0.15) is 6.54 Å². The van der Waals surface area contributed by atoms with Crippen LogP contribution in [0.5, 0.6) is 0 Å². The molecule has 2 aliphatic rings. The molecular weight excluding hydrogens is 332 g/mol. The number of rotatable bonds is 5. The van der Waals surface area contributed by atoms with Gasteiger partial charge >= 0.3 is 5.97 Å². The molecule has 1 aromatic carbocycles. The van der Waals surface area contributed by atoms with Crippen molar-refractivity contribution in [3.8, 4) is 0 Å². The van der Waals surface area contributed by atoms with Crippen molar-refractivity contribution >= 4 is 17.8 Å². The van der Waals surface area contributed by atoms with Crippen molar-refractivity contribution in [2.24, 2.45) is 5.92 Å². The molecule has 1 aliphatic heterocycles. The molecule has 6 heteroatoms. The number of aryl methyl sites for hydroxylation is 2. The third-order valence-corrected chi connectivity index (χ3v) is 5.10. The maximum Gasteiger partial charge on any atom is 0.323 e. The van der Waals surface area contributed by atoms with Gasteiger partial charge in [0.15, 0.2) is 0 Å². The highest BCUT2D eigenvalue weighted by Crippen LogP contribution is 2.30. The summed E-state index contributed by atoms with van der Waals surface area (Å²) >= 11 is 0. The van der Waals surface area contributed by atoms with Crippen LogP contribution in [0.1, 0.15) is 47.2 Å². The maximum atomic E-state index is 12.9. The minimum atomic E-state index is -0.982. The van der Waals surface area contributed by atoms with Crippen molar-refractivity contribution in [1.82, 2.24) is 9.80 Å². The Labute approximate surface area is 153 Å². The minimum Gasteiger partial charge on any atom is -0.480 e. The van der Waals surface area contributed by atoms with Crippen LogP contribution in [0.15, 0.2) is 18.2 Å². The Morgan fingerprint density at radius 1 is 1.12 bits per heavy atom. The normalized spacial score (nSPS) is 19.9. The summed E-state index contributed by atoms with van der Waals surface area (Å²) in [6.07, 6.45) is 3.21. The number of piperidine rings is 1. The van der Waals surface area contributed by atoms with E-state index in [1.165, 1.54) is 4.90 Å². The monoisotopic (exact) mass is 358 g/mol. The Bertz CT molecular complexity index is 706. The first-order valence-corrected chi connectivity index (χ1v) is 9.25. The molecule has 0 radical (unpaired) electrons. The number of amides is 2. The van der Waals surface area contributed by atoms with Crippen LogP contribution in [0.4, 0.5) is 0 Å². The van der Waals surface area contributed by atoms with Crippen molar-refractivity contribution in [1.29, 1.82) is 0 Å². The first kappa shape index (κ1) is 18.4. The Kier molecular flexibility index (Phi) is 5.30. The minimum absolute atomic E-state index is 0.0505. The van der Waals surface area contributed by atoms with E-state index in [9.17, 15) is 14.4 Å². The highest BCUT2D eigenvalue weighted by atomic mass is 16.4.